The lowest BCUT2D eigenvalue weighted by atomic mass is 10.1. The first-order valence-electron chi connectivity index (χ1n) is 6.10. The summed E-state index contributed by atoms with van der Waals surface area (Å²) in [4.78, 5) is 4.77. The number of nitrogens with zero attached hydrogens (tertiary/aromatic N) is 2. The number of hydrogen-bond donors (Lipinski definition) is 0. The average Bonchev–Trinajstić information content (AvgIpc) is 2.95. The Hall–Kier alpha value is -1.81. The van der Waals surface area contributed by atoms with Gasteiger partial charge in [0, 0.05) is 18.2 Å². The Kier molecular flexibility index (Phi) is 2.23. The van der Waals surface area contributed by atoms with Crippen LogP contribution in [0.3, 0.4) is 0 Å². The van der Waals surface area contributed by atoms with Crippen molar-refractivity contribution in [2.75, 3.05) is 7.11 Å². The van der Waals surface area contributed by atoms with Gasteiger partial charge < -0.3 is 9.14 Å². The van der Waals surface area contributed by atoms with Crippen molar-refractivity contribution in [1.29, 1.82) is 0 Å². The molecular weight excluding hydrogens is 304 g/mol. The molecule has 94 valence electrons. The second-order valence-electron chi connectivity index (χ2n) is 4.66. The zero-order valence-electron chi connectivity index (χ0n) is 10.4. The maximum absolute atomic E-state index is 5.31. The first-order chi connectivity index (χ1) is 9.28. The number of ether oxygens (including phenoxy) is 1. The van der Waals surface area contributed by atoms with Gasteiger partial charge in [0.25, 0.3) is 0 Å². The number of aromatic nitrogens is 2. The minimum absolute atomic E-state index is 0.878. The van der Waals surface area contributed by atoms with E-state index in [-0.39, 0.29) is 0 Å². The fourth-order valence-corrected chi connectivity index (χ4v) is 3.14. The van der Waals surface area contributed by atoms with Crippen LogP contribution in [0.2, 0.25) is 0 Å². The monoisotopic (exact) mass is 314 g/mol. The number of fused-ring (bicyclic) bond motifs is 5. The van der Waals surface area contributed by atoms with Crippen LogP contribution in [0.25, 0.3) is 16.9 Å². The molecule has 4 heteroatoms. The SMILES string of the molecule is COc1ccc2c(c1)-c1nc3c(Br)cccn3c1C2. The standard InChI is InChI=1S/C15H11BrN2O/c1-19-10-5-4-9-7-13-14(11(9)8-10)17-15-12(16)3-2-6-18(13)15/h2-6,8H,7H2,1H3. The van der Waals surface area contributed by atoms with Gasteiger partial charge in [0.2, 0.25) is 0 Å². The van der Waals surface area contributed by atoms with Crippen molar-refractivity contribution in [2.45, 2.75) is 6.42 Å². The lowest BCUT2D eigenvalue weighted by Crippen LogP contribution is -1.91. The van der Waals surface area contributed by atoms with Crippen molar-refractivity contribution in [3.63, 3.8) is 0 Å². The highest BCUT2D eigenvalue weighted by molar-refractivity contribution is 9.10. The summed E-state index contributed by atoms with van der Waals surface area (Å²) in [5.41, 5.74) is 5.79. The van der Waals surface area contributed by atoms with Crippen molar-refractivity contribution in [1.82, 2.24) is 9.38 Å². The number of hydrogen-bond acceptors (Lipinski definition) is 2. The Balaban J connectivity index is 2.03. The molecular formula is C15H11BrN2O. The van der Waals surface area contributed by atoms with Crippen LogP contribution in [0.15, 0.2) is 41.0 Å². The van der Waals surface area contributed by atoms with Gasteiger partial charge in [-0.25, -0.2) is 4.98 Å². The normalized spacial score (nSPS) is 12.5. The van der Waals surface area contributed by atoms with E-state index in [0.717, 1.165) is 28.0 Å². The highest BCUT2D eigenvalue weighted by Crippen LogP contribution is 2.39. The molecule has 0 spiro atoms. The molecule has 2 aromatic heterocycles. The van der Waals surface area contributed by atoms with E-state index in [9.17, 15) is 0 Å². The minimum Gasteiger partial charge on any atom is -0.497 e. The van der Waals surface area contributed by atoms with Crippen LogP contribution in [-0.2, 0) is 6.42 Å². The third-order valence-electron chi connectivity index (χ3n) is 3.63. The lowest BCUT2D eigenvalue weighted by Gasteiger charge is -2.03. The summed E-state index contributed by atoms with van der Waals surface area (Å²) in [5.74, 6) is 0.878. The third-order valence-corrected chi connectivity index (χ3v) is 4.25. The largest absolute Gasteiger partial charge is 0.497 e. The predicted octanol–water partition coefficient (Wildman–Crippen LogP) is 3.68. The molecule has 1 aromatic carbocycles. The Labute approximate surface area is 119 Å². The van der Waals surface area contributed by atoms with E-state index >= 15 is 0 Å². The zero-order valence-corrected chi connectivity index (χ0v) is 11.9. The molecule has 0 N–H and O–H groups in total. The second kappa shape index (κ2) is 3.84. The van der Waals surface area contributed by atoms with E-state index in [1.807, 2.05) is 18.2 Å². The number of rotatable bonds is 1. The molecule has 3 aromatic rings. The molecule has 19 heavy (non-hydrogen) atoms. The molecule has 0 saturated heterocycles. The summed E-state index contributed by atoms with van der Waals surface area (Å²) in [5, 5.41) is 0. The number of pyridine rings is 1. The fraction of sp³-hybridized carbons (Fsp3) is 0.133. The van der Waals surface area contributed by atoms with Gasteiger partial charge in [-0.1, -0.05) is 6.07 Å². The maximum Gasteiger partial charge on any atom is 0.152 e. The van der Waals surface area contributed by atoms with Crippen LogP contribution in [0.4, 0.5) is 0 Å². The second-order valence-corrected chi connectivity index (χ2v) is 5.51. The van der Waals surface area contributed by atoms with E-state index in [1.54, 1.807) is 7.11 Å². The Bertz CT molecular complexity index is 807. The highest BCUT2D eigenvalue weighted by Gasteiger charge is 2.25. The average molecular weight is 315 g/mol. The summed E-state index contributed by atoms with van der Waals surface area (Å²) >= 11 is 3.56. The van der Waals surface area contributed by atoms with Crippen molar-refractivity contribution in [2.24, 2.45) is 0 Å². The van der Waals surface area contributed by atoms with Gasteiger partial charge in [-0.05, 0) is 45.8 Å². The van der Waals surface area contributed by atoms with Crippen LogP contribution < -0.4 is 4.74 Å². The van der Waals surface area contributed by atoms with Crippen LogP contribution in [0, 0.1) is 0 Å². The predicted molar refractivity (Wildman–Crippen MR) is 77.7 cm³/mol. The first kappa shape index (κ1) is 11.1. The van der Waals surface area contributed by atoms with Crippen LogP contribution in [-0.4, -0.2) is 16.5 Å². The van der Waals surface area contributed by atoms with Gasteiger partial charge in [-0.2, -0.15) is 0 Å². The molecule has 0 aliphatic heterocycles. The van der Waals surface area contributed by atoms with Gasteiger partial charge in [-0.3, -0.25) is 0 Å². The van der Waals surface area contributed by atoms with E-state index in [0.29, 0.717) is 0 Å². The van der Waals surface area contributed by atoms with Gasteiger partial charge in [0.1, 0.15) is 5.75 Å². The number of benzene rings is 1. The lowest BCUT2D eigenvalue weighted by molar-refractivity contribution is 0.415. The highest BCUT2D eigenvalue weighted by atomic mass is 79.9. The van der Waals surface area contributed by atoms with Gasteiger partial charge in [0.15, 0.2) is 5.65 Å². The van der Waals surface area contributed by atoms with Crippen molar-refractivity contribution >= 4 is 21.6 Å². The molecule has 1 aliphatic rings. The molecule has 0 amide bonds. The summed E-state index contributed by atoms with van der Waals surface area (Å²) in [6, 6.07) is 10.3. The van der Waals surface area contributed by atoms with Gasteiger partial charge in [0.05, 0.1) is 23.0 Å². The summed E-state index contributed by atoms with van der Waals surface area (Å²) < 4.78 is 8.49. The molecule has 1 aliphatic carbocycles. The van der Waals surface area contributed by atoms with Crippen molar-refractivity contribution in [3.8, 4) is 17.0 Å². The van der Waals surface area contributed by atoms with Crippen LogP contribution >= 0.6 is 15.9 Å². The van der Waals surface area contributed by atoms with E-state index in [1.165, 1.54) is 16.8 Å². The summed E-state index contributed by atoms with van der Waals surface area (Å²) in [6.07, 6.45) is 2.99. The Morgan fingerprint density at radius 2 is 2.21 bits per heavy atom. The molecule has 0 saturated carbocycles. The van der Waals surface area contributed by atoms with E-state index < -0.39 is 0 Å². The van der Waals surface area contributed by atoms with Gasteiger partial charge in [-0.15, -0.1) is 0 Å². The minimum atomic E-state index is 0.878. The number of halogens is 1. The van der Waals surface area contributed by atoms with Crippen molar-refractivity contribution in [3.05, 3.63) is 52.3 Å². The molecule has 0 fully saturated rings. The molecule has 3 nitrogen and oxygen atoms in total. The smallest absolute Gasteiger partial charge is 0.152 e. The third kappa shape index (κ3) is 1.46. The molecule has 4 rings (SSSR count). The summed E-state index contributed by atoms with van der Waals surface area (Å²) in [7, 11) is 1.69. The van der Waals surface area contributed by atoms with E-state index in [4.69, 9.17) is 9.72 Å². The number of methoxy groups -OCH3 is 1. The quantitative estimate of drug-likeness (QED) is 0.536. The van der Waals surface area contributed by atoms with Crippen LogP contribution in [0.1, 0.15) is 11.3 Å². The van der Waals surface area contributed by atoms with Crippen LogP contribution in [0.5, 0.6) is 5.75 Å². The number of imidazole rings is 1. The maximum atomic E-state index is 5.31. The topological polar surface area (TPSA) is 26.5 Å². The molecule has 0 radical (unpaired) electrons. The summed E-state index contributed by atoms with van der Waals surface area (Å²) in [6.45, 7) is 0. The molecule has 2 heterocycles. The molecule has 0 unspecified atom stereocenters. The van der Waals surface area contributed by atoms with Crippen molar-refractivity contribution < 1.29 is 4.74 Å². The first-order valence-corrected chi connectivity index (χ1v) is 6.90. The zero-order chi connectivity index (χ0) is 13.0. The fourth-order valence-electron chi connectivity index (χ4n) is 2.71. The Morgan fingerprint density at radius 1 is 1.32 bits per heavy atom. The molecule has 0 bridgehead atoms. The Morgan fingerprint density at radius 3 is 3.05 bits per heavy atom. The van der Waals surface area contributed by atoms with E-state index in [2.05, 4.69) is 38.7 Å². The van der Waals surface area contributed by atoms with Gasteiger partial charge >= 0.3 is 0 Å². The molecule has 0 atom stereocenters.